The first-order valence-corrected chi connectivity index (χ1v) is 8.37. The van der Waals surface area contributed by atoms with Crippen LogP contribution in [0.1, 0.15) is 27.8 Å². The molecule has 1 aliphatic rings. The van der Waals surface area contributed by atoms with Gasteiger partial charge in [0.05, 0.1) is 30.6 Å². The van der Waals surface area contributed by atoms with Gasteiger partial charge >= 0.3 is 0 Å². The predicted octanol–water partition coefficient (Wildman–Crippen LogP) is 2.49. The van der Waals surface area contributed by atoms with E-state index in [0.29, 0.717) is 19.7 Å². The second-order valence-electron chi connectivity index (χ2n) is 6.28. The van der Waals surface area contributed by atoms with E-state index in [1.165, 1.54) is 0 Å². The molecular formula is C19H20N4O2. The van der Waals surface area contributed by atoms with E-state index in [0.717, 1.165) is 27.9 Å². The lowest BCUT2D eigenvalue weighted by Gasteiger charge is -2.32. The van der Waals surface area contributed by atoms with Crippen molar-refractivity contribution in [2.45, 2.75) is 13.0 Å². The van der Waals surface area contributed by atoms with E-state index in [-0.39, 0.29) is 12.0 Å². The Morgan fingerprint density at radius 3 is 2.92 bits per heavy atom. The molecule has 0 spiro atoms. The number of para-hydroxylation sites is 1. The van der Waals surface area contributed by atoms with Crippen LogP contribution in [0.2, 0.25) is 0 Å². The third kappa shape index (κ3) is 2.68. The number of morpholine rings is 1. The summed E-state index contributed by atoms with van der Waals surface area (Å²) in [6.45, 7) is 3.56. The van der Waals surface area contributed by atoms with Crippen LogP contribution in [0.5, 0.6) is 0 Å². The van der Waals surface area contributed by atoms with E-state index < -0.39 is 0 Å². The summed E-state index contributed by atoms with van der Waals surface area (Å²) in [7, 11) is 2.00. The van der Waals surface area contributed by atoms with Gasteiger partial charge in [0.25, 0.3) is 5.91 Å². The quantitative estimate of drug-likeness (QED) is 0.721. The van der Waals surface area contributed by atoms with E-state index >= 15 is 0 Å². The van der Waals surface area contributed by atoms with Crippen molar-refractivity contribution >= 4 is 16.8 Å². The summed E-state index contributed by atoms with van der Waals surface area (Å²) in [6, 6.07) is 8.02. The zero-order valence-corrected chi connectivity index (χ0v) is 14.3. The molecule has 4 rings (SSSR count). The number of hydrogen-bond acceptors (Lipinski definition) is 4. The van der Waals surface area contributed by atoms with Crippen molar-refractivity contribution < 1.29 is 9.53 Å². The Hall–Kier alpha value is -2.73. The molecule has 6 heteroatoms. The van der Waals surface area contributed by atoms with Crippen LogP contribution < -0.4 is 0 Å². The summed E-state index contributed by atoms with van der Waals surface area (Å²) in [5, 5.41) is 0.995. The number of amides is 1. The zero-order valence-electron chi connectivity index (χ0n) is 14.3. The number of carbonyl (C=O) groups excluding carboxylic acids is 1. The molecule has 0 aliphatic carbocycles. The number of carbonyl (C=O) groups is 1. The topological polar surface area (TPSA) is 60.3 Å². The van der Waals surface area contributed by atoms with Gasteiger partial charge in [0.1, 0.15) is 6.10 Å². The van der Waals surface area contributed by atoms with Gasteiger partial charge in [0.2, 0.25) is 0 Å². The number of aromatic nitrogens is 3. The molecule has 128 valence electrons. The lowest BCUT2D eigenvalue weighted by molar-refractivity contribution is -0.0248. The zero-order chi connectivity index (χ0) is 17.4. The predicted molar refractivity (Wildman–Crippen MR) is 94.3 cm³/mol. The first-order valence-electron chi connectivity index (χ1n) is 8.37. The number of rotatable bonds is 2. The van der Waals surface area contributed by atoms with Gasteiger partial charge in [-0.1, -0.05) is 18.2 Å². The van der Waals surface area contributed by atoms with Gasteiger partial charge in [-0.2, -0.15) is 0 Å². The van der Waals surface area contributed by atoms with Gasteiger partial charge in [-0.25, -0.2) is 0 Å². The molecule has 3 aromatic rings. The highest BCUT2D eigenvalue weighted by molar-refractivity contribution is 6.08. The van der Waals surface area contributed by atoms with Gasteiger partial charge in [-0.05, 0) is 13.0 Å². The van der Waals surface area contributed by atoms with Crippen molar-refractivity contribution in [1.29, 1.82) is 0 Å². The molecule has 25 heavy (non-hydrogen) atoms. The maximum absolute atomic E-state index is 13.2. The fourth-order valence-corrected chi connectivity index (χ4v) is 3.44. The minimum absolute atomic E-state index is 0.0477. The van der Waals surface area contributed by atoms with Gasteiger partial charge in [0.15, 0.2) is 0 Å². The van der Waals surface area contributed by atoms with Crippen LogP contribution in [0, 0.1) is 6.92 Å². The molecule has 1 atom stereocenters. The van der Waals surface area contributed by atoms with Crippen molar-refractivity contribution in [3.8, 4) is 0 Å². The fourth-order valence-electron chi connectivity index (χ4n) is 3.44. The number of nitrogens with zero attached hydrogens (tertiary/aromatic N) is 4. The second-order valence-corrected chi connectivity index (χ2v) is 6.28. The highest BCUT2D eigenvalue weighted by Crippen LogP contribution is 2.28. The molecular weight excluding hydrogens is 316 g/mol. The minimum atomic E-state index is -0.235. The summed E-state index contributed by atoms with van der Waals surface area (Å²) in [6.07, 6.45) is 4.74. The van der Waals surface area contributed by atoms with E-state index in [1.54, 1.807) is 18.6 Å². The monoisotopic (exact) mass is 336 g/mol. The molecule has 0 N–H and O–H groups in total. The molecule has 1 fully saturated rings. The summed E-state index contributed by atoms with van der Waals surface area (Å²) in [4.78, 5) is 23.5. The van der Waals surface area contributed by atoms with Gasteiger partial charge in [-0.3, -0.25) is 14.8 Å². The maximum atomic E-state index is 13.2. The van der Waals surface area contributed by atoms with E-state index in [4.69, 9.17) is 4.74 Å². The van der Waals surface area contributed by atoms with Crippen LogP contribution in [-0.4, -0.2) is 45.0 Å². The standard InChI is InChI=1S/C19H20N4O2/c1-13-18(14-5-3-4-6-16(14)22(13)2)19(24)23-9-10-25-17(12-23)15-11-20-7-8-21-15/h3-8,11,17H,9-10,12H2,1-2H3/t17-/m0/s1. The van der Waals surface area contributed by atoms with Crippen molar-refractivity contribution in [1.82, 2.24) is 19.4 Å². The molecule has 1 saturated heterocycles. The second kappa shape index (κ2) is 6.29. The molecule has 1 aromatic carbocycles. The van der Waals surface area contributed by atoms with Crippen LogP contribution >= 0.6 is 0 Å². The van der Waals surface area contributed by atoms with Crippen molar-refractivity contribution in [3.05, 3.63) is 59.8 Å². The van der Waals surface area contributed by atoms with Crippen molar-refractivity contribution in [2.75, 3.05) is 19.7 Å². The van der Waals surface area contributed by atoms with Crippen molar-refractivity contribution in [2.24, 2.45) is 7.05 Å². The molecule has 3 heterocycles. The Morgan fingerprint density at radius 2 is 2.12 bits per heavy atom. The van der Waals surface area contributed by atoms with Crippen molar-refractivity contribution in [3.63, 3.8) is 0 Å². The fraction of sp³-hybridized carbons (Fsp3) is 0.316. The smallest absolute Gasteiger partial charge is 0.256 e. The highest BCUT2D eigenvalue weighted by atomic mass is 16.5. The first-order chi connectivity index (χ1) is 12.2. The van der Waals surface area contributed by atoms with Crippen LogP contribution in [0.25, 0.3) is 10.9 Å². The molecule has 0 bridgehead atoms. The molecule has 0 saturated carbocycles. The molecule has 0 radical (unpaired) electrons. The summed E-state index contributed by atoms with van der Waals surface area (Å²) >= 11 is 0. The maximum Gasteiger partial charge on any atom is 0.256 e. The molecule has 0 unspecified atom stereocenters. The Kier molecular flexibility index (Phi) is 3.97. The minimum Gasteiger partial charge on any atom is -0.368 e. The van der Waals surface area contributed by atoms with E-state index in [9.17, 15) is 4.79 Å². The summed E-state index contributed by atoms with van der Waals surface area (Å²) in [5.41, 5.74) is 3.59. The van der Waals surface area contributed by atoms with E-state index in [1.807, 2.05) is 43.1 Å². The van der Waals surface area contributed by atoms with Crippen LogP contribution in [0.3, 0.4) is 0 Å². The Morgan fingerprint density at radius 1 is 1.28 bits per heavy atom. The van der Waals surface area contributed by atoms with Crippen LogP contribution in [0.15, 0.2) is 42.9 Å². The molecule has 1 amide bonds. The number of benzene rings is 1. The number of ether oxygens (including phenoxy) is 1. The van der Waals surface area contributed by atoms with E-state index in [2.05, 4.69) is 14.5 Å². The first kappa shape index (κ1) is 15.8. The van der Waals surface area contributed by atoms with Crippen LogP contribution in [0.4, 0.5) is 0 Å². The Bertz CT molecular complexity index is 920. The number of aryl methyl sites for hydroxylation is 1. The highest BCUT2D eigenvalue weighted by Gasteiger charge is 2.29. The third-order valence-electron chi connectivity index (χ3n) is 4.88. The Balaban J connectivity index is 1.66. The molecule has 6 nitrogen and oxygen atoms in total. The molecule has 2 aromatic heterocycles. The number of fused-ring (bicyclic) bond motifs is 1. The average molecular weight is 336 g/mol. The summed E-state index contributed by atoms with van der Waals surface area (Å²) in [5.74, 6) is 0.0477. The third-order valence-corrected chi connectivity index (χ3v) is 4.88. The van der Waals surface area contributed by atoms with Gasteiger partial charge in [-0.15, -0.1) is 0 Å². The lowest BCUT2D eigenvalue weighted by Crippen LogP contribution is -2.42. The summed E-state index contributed by atoms with van der Waals surface area (Å²) < 4.78 is 7.87. The van der Waals surface area contributed by atoms with Crippen LogP contribution in [-0.2, 0) is 11.8 Å². The van der Waals surface area contributed by atoms with Gasteiger partial charge < -0.3 is 14.2 Å². The SMILES string of the molecule is Cc1c(C(=O)N2CCO[C@H](c3cnccn3)C2)c2ccccc2n1C. The normalized spacial score (nSPS) is 17.8. The van der Waals surface area contributed by atoms with Gasteiger partial charge in [0, 0.05) is 42.6 Å². The average Bonchev–Trinajstić information content (AvgIpc) is 2.93. The Labute approximate surface area is 146 Å². The molecule has 1 aliphatic heterocycles. The number of hydrogen-bond donors (Lipinski definition) is 0. The lowest BCUT2D eigenvalue weighted by atomic mass is 10.1. The largest absolute Gasteiger partial charge is 0.368 e.